The third kappa shape index (κ3) is 5.83. The molecule has 1 amide bonds. The Labute approximate surface area is 316 Å². The van der Waals surface area contributed by atoms with Gasteiger partial charge in [0.1, 0.15) is 0 Å². The van der Waals surface area contributed by atoms with Crippen LogP contribution < -0.4 is 5.32 Å². The Morgan fingerprint density at radius 1 is 0.774 bits per heavy atom. The van der Waals surface area contributed by atoms with Crippen molar-refractivity contribution in [2.75, 3.05) is 31.7 Å². The number of fused-ring (bicyclic) bond motifs is 5. The van der Waals surface area contributed by atoms with E-state index in [9.17, 15) is 24.0 Å². The largest absolute Gasteiger partial charge is 0.465 e. The smallest absolute Gasteiger partial charge is 0.327 e. The van der Waals surface area contributed by atoms with Crippen LogP contribution in [-0.2, 0) is 53.8 Å². The molecular weight excluding hydrogens is 723 g/mol. The zero-order valence-electron chi connectivity index (χ0n) is 30.4. The molecule has 2 heterocycles. The number of carbonyl (C=O) groups is 5. The van der Waals surface area contributed by atoms with Crippen molar-refractivity contribution in [3.63, 3.8) is 0 Å². The molecule has 0 radical (unpaired) electrons. The maximum absolute atomic E-state index is 14.4. The van der Waals surface area contributed by atoms with E-state index in [1.807, 2.05) is 6.07 Å². The highest BCUT2D eigenvalue weighted by atomic mass is 35.5. The van der Waals surface area contributed by atoms with Crippen LogP contribution in [0.4, 0.5) is 5.69 Å². The van der Waals surface area contributed by atoms with Gasteiger partial charge < -0.3 is 29.2 Å². The number of halogens is 2. The third-order valence-electron chi connectivity index (χ3n) is 11.0. The number of hydrogen-bond acceptors (Lipinski definition) is 9. The van der Waals surface area contributed by atoms with Crippen LogP contribution in [0.5, 0.6) is 0 Å². The minimum Gasteiger partial charge on any atom is -0.465 e. The highest BCUT2D eigenvalue weighted by molar-refractivity contribution is 6.33. The molecule has 0 saturated heterocycles. The van der Waals surface area contributed by atoms with Gasteiger partial charge in [0, 0.05) is 43.5 Å². The second-order valence-electron chi connectivity index (χ2n) is 13.8. The van der Waals surface area contributed by atoms with E-state index < -0.39 is 52.0 Å². The molecule has 1 fully saturated rings. The SMILES string of the molecule is CCOC(=O)C(C)(C(=O)OCC)c1ccc2c(c1)[nH]c1cc([C@@H]3[C@@H](C(C)(C(=O)OCC)C(=O)OCC)CC[C@@]34C(=O)Nc3ccc(Cl)cc34)c(Cl)cc12. The van der Waals surface area contributed by atoms with E-state index in [-0.39, 0.29) is 45.2 Å². The lowest BCUT2D eigenvalue weighted by atomic mass is 9.62. The molecule has 2 aliphatic rings. The summed E-state index contributed by atoms with van der Waals surface area (Å²) in [6.45, 7) is 9.86. The molecule has 3 atom stereocenters. The van der Waals surface area contributed by atoms with Gasteiger partial charge in [-0.1, -0.05) is 35.3 Å². The summed E-state index contributed by atoms with van der Waals surface area (Å²) in [5.41, 5.74) is -1.45. The third-order valence-corrected chi connectivity index (χ3v) is 11.6. The van der Waals surface area contributed by atoms with Gasteiger partial charge in [-0.3, -0.25) is 24.0 Å². The number of ether oxygens (including phenoxy) is 4. The fourth-order valence-electron chi connectivity index (χ4n) is 8.37. The average Bonchev–Trinajstić information content (AvgIpc) is 3.78. The van der Waals surface area contributed by atoms with Crippen LogP contribution in [0.15, 0.2) is 48.5 Å². The van der Waals surface area contributed by atoms with Gasteiger partial charge in [-0.05, 0) is 113 Å². The van der Waals surface area contributed by atoms with Crippen LogP contribution >= 0.6 is 23.2 Å². The molecule has 1 aliphatic heterocycles. The van der Waals surface area contributed by atoms with E-state index >= 15 is 0 Å². The van der Waals surface area contributed by atoms with Crippen LogP contribution in [0, 0.1) is 11.3 Å². The molecule has 11 nitrogen and oxygen atoms in total. The molecule has 4 aromatic rings. The van der Waals surface area contributed by atoms with Crippen molar-refractivity contribution in [3.05, 3.63) is 75.3 Å². The van der Waals surface area contributed by atoms with Crippen LogP contribution in [0.1, 0.15) is 77.0 Å². The van der Waals surface area contributed by atoms with Crippen LogP contribution in [0.3, 0.4) is 0 Å². The number of rotatable bonds is 11. The zero-order valence-corrected chi connectivity index (χ0v) is 32.0. The quantitative estimate of drug-likeness (QED) is 0.0898. The van der Waals surface area contributed by atoms with Gasteiger partial charge in [-0.2, -0.15) is 0 Å². The molecular formula is C40H42Cl2N2O9. The second kappa shape index (κ2) is 14.3. The first-order chi connectivity index (χ1) is 25.2. The van der Waals surface area contributed by atoms with Crippen LogP contribution in [0.25, 0.3) is 21.8 Å². The molecule has 280 valence electrons. The maximum atomic E-state index is 14.4. The molecule has 3 aromatic carbocycles. The summed E-state index contributed by atoms with van der Waals surface area (Å²) in [6, 6.07) is 14.0. The van der Waals surface area contributed by atoms with E-state index in [1.54, 1.807) is 70.2 Å². The number of H-pyrrole nitrogens is 1. The lowest BCUT2D eigenvalue weighted by Gasteiger charge is -2.39. The van der Waals surface area contributed by atoms with Crippen molar-refractivity contribution in [2.45, 2.75) is 71.1 Å². The van der Waals surface area contributed by atoms with Crippen molar-refractivity contribution >= 4 is 80.5 Å². The number of esters is 4. The highest BCUT2D eigenvalue weighted by Gasteiger charge is 2.66. The van der Waals surface area contributed by atoms with Gasteiger partial charge >= 0.3 is 23.9 Å². The maximum Gasteiger partial charge on any atom is 0.327 e. The molecule has 13 heteroatoms. The lowest BCUT2D eigenvalue weighted by Crippen LogP contribution is -2.49. The Morgan fingerprint density at radius 3 is 1.96 bits per heavy atom. The first-order valence-electron chi connectivity index (χ1n) is 17.8. The summed E-state index contributed by atoms with van der Waals surface area (Å²) in [5.74, 6) is -4.90. The van der Waals surface area contributed by atoms with E-state index in [2.05, 4.69) is 10.3 Å². The minimum absolute atomic E-state index is 0.0322. The Morgan fingerprint density at radius 2 is 1.36 bits per heavy atom. The standard InChI is InChI=1S/C40H42Cl2N2O9/c1-7-50-34(46)38(5,35(47)51-8-2)21-11-13-23-24-19-28(42)25(20-31(24)43-30(23)17-21)32-26(39(6,36(48)52-9-3)37(49)53-10-4)15-16-40(32)27-18-22(41)12-14-29(27)44-33(40)45/h11-14,17-20,26,32,43H,7-10,15-16H2,1-6H3,(H,44,45)/t26-,32+,40-/m0/s1. The van der Waals surface area contributed by atoms with Crippen molar-refractivity contribution in [1.82, 2.24) is 4.98 Å². The predicted octanol–water partition coefficient (Wildman–Crippen LogP) is 7.53. The van der Waals surface area contributed by atoms with E-state index in [0.29, 0.717) is 43.5 Å². The topological polar surface area (TPSA) is 150 Å². The van der Waals surface area contributed by atoms with Crippen molar-refractivity contribution in [1.29, 1.82) is 0 Å². The number of carbonyl (C=O) groups excluding carboxylic acids is 5. The zero-order chi connectivity index (χ0) is 38.5. The molecule has 6 rings (SSSR count). The fraction of sp³-hybridized carbons (Fsp3) is 0.425. The Bertz CT molecular complexity index is 2120. The van der Waals surface area contributed by atoms with Gasteiger partial charge in [-0.25, -0.2) is 0 Å². The summed E-state index contributed by atoms with van der Waals surface area (Å²) in [7, 11) is 0. The van der Waals surface area contributed by atoms with Gasteiger partial charge in [0.2, 0.25) is 5.91 Å². The average molecular weight is 766 g/mol. The summed E-state index contributed by atoms with van der Waals surface area (Å²) in [5, 5.41) is 5.23. The fourth-order valence-corrected chi connectivity index (χ4v) is 8.83. The van der Waals surface area contributed by atoms with Gasteiger partial charge in [-0.15, -0.1) is 0 Å². The van der Waals surface area contributed by atoms with E-state index in [1.165, 1.54) is 13.8 Å². The van der Waals surface area contributed by atoms with Gasteiger partial charge in [0.25, 0.3) is 0 Å². The number of amides is 1. The molecule has 0 unspecified atom stereocenters. The first-order valence-corrected chi connectivity index (χ1v) is 18.5. The number of benzene rings is 3. The second-order valence-corrected chi connectivity index (χ2v) is 14.6. The molecule has 1 aromatic heterocycles. The Hall–Kier alpha value is -4.61. The van der Waals surface area contributed by atoms with Crippen LogP contribution in [0.2, 0.25) is 10.0 Å². The van der Waals surface area contributed by atoms with Crippen LogP contribution in [-0.4, -0.2) is 61.2 Å². The molecule has 1 spiro atoms. The highest BCUT2D eigenvalue weighted by Crippen LogP contribution is 2.64. The monoisotopic (exact) mass is 764 g/mol. The number of aromatic amines is 1. The Kier molecular flexibility index (Phi) is 10.3. The van der Waals surface area contributed by atoms with E-state index in [0.717, 1.165) is 10.8 Å². The normalized spacial score (nSPS) is 19.7. The Balaban J connectivity index is 1.58. The molecule has 0 bridgehead atoms. The number of hydrogen-bond donors (Lipinski definition) is 2. The van der Waals surface area contributed by atoms with Crippen molar-refractivity contribution in [2.24, 2.45) is 11.3 Å². The predicted molar refractivity (Wildman–Crippen MR) is 200 cm³/mol. The number of nitrogens with one attached hydrogen (secondary N) is 2. The molecule has 2 N–H and O–H groups in total. The van der Waals surface area contributed by atoms with Crippen molar-refractivity contribution < 1.29 is 42.9 Å². The number of anilines is 1. The summed E-state index contributed by atoms with van der Waals surface area (Å²) in [4.78, 5) is 72.0. The van der Waals surface area contributed by atoms with Gasteiger partial charge in [0.15, 0.2) is 10.8 Å². The van der Waals surface area contributed by atoms with Crippen molar-refractivity contribution in [3.8, 4) is 0 Å². The lowest BCUT2D eigenvalue weighted by molar-refractivity contribution is -0.176. The molecule has 1 saturated carbocycles. The first kappa shape index (κ1) is 38.1. The summed E-state index contributed by atoms with van der Waals surface area (Å²) >= 11 is 13.8. The van der Waals surface area contributed by atoms with Gasteiger partial charge in [0.05, 0.1) is 31.8 Å². The number of aromatic nitrogens is 1. The minimum atomic E-state index is -1.81. The molecule has 1 aliphatic carbocycles. The summed E-state index contributed by atoms with van der Waals surface area (Å²) < 4.78 is 21.6. The molecule has 53 heavy (non-hydrogen) atoms. The van der Waals surface area contributed by atoms with E-state index in [4.69, 9.17) is 42.1 Å². The summed E-state index contributed by atoms with van der Waals surface area (Å²) in [6.07, 6.45) is 0.559.